The summed E-state index contributed by atoms with van der Waals surface area (Å²) in [5, 5.41) is 6.09. The van der Waals surface area contributed by atoms with Crippen LogP contribution in [0.2, 0.25) is 0 Å². The second-order valence-corrected chi connectivity index (χ2v) is 3.98. The van der Waals surface area contributed by atoms with E-state index in [2.05, 4.69) is 29.4 Å². The van der Waals surface area contributed by atoms with E-state index in [1.165, 1.54) is 0 Å². The predicted octanol–water partition coefficient (Wildman–Crippen LogP) is 0.500. The van der Waals surface area contributed by atoms with Crippen molar-refractivity contribution in [2.45, 2.75) is 26.9 Å². The first-order chi connectivity index (χ1) is 6.59. The van der Waals surface area contributed by atoms with Crippen LogP contribution < -0.4 is 5.43 Å². The maximum Gasteiger partial charge on any atom is 0.142 e. The lowest BCUT2D eigenvalue weighted by Crippen LogP contribution is -2.31. The summed E-state index contributed by atoms with van der Waals surface area (Å²) >= 11 is 0. The summed E-state index contributed by atoms with van der Waals surface area (Å²) in [7, 11) is 3.92. The summed E-state index contributed by atoms with van der Waals surface area (Å²) in [6.07, 6.45) is 1.61. The Labute approximate surface area is 85.1 Å². The molecule has 1 N–H and O–H groups in total. The molecule has 5 heteroatoms. The highest BCUT2D eigenvalue weighted by Crippen LogP contribution is 2.00. The van der Waals surface area contributed by atoms with Gasteiger partial charge in [0.1, 0.15) is 12.2 Å². The minimum atomic E-state index is 0.592. The van der Waals surface area contributed by atoms with Crippen LogP contribution in [0.3, 0.4) is 0 Å². The number of nitrogens with one attached hydrogen (secondary N) is 1. The molecule has 0 radical (unpaired) electrons. The van der Waals surface area contributed by atoms with Gasteiger partial charge in [-0.05, 0) is 5.92 Å². The number of rotatable bonds is 5. The molecule has 0 saturated carbocycles. The van der Waals surface area contributed by atoms with Gasteiger partial charge in [0.05, 0.1) is 6.54 Å². The molecule has 5 nitrogen and oxygen atoms in total. The first-order valence-electron chi connectivity index (χ1n) is 4.87. The van der Waals surface area contributed by atoms with Crippen LogP contribution >= 0.6 is 0 Å². The largest absolute Gasteiger partial charge is 0.250 e. The standard InChI is InChI=1S/C9H19N5/c1-8(2)6-14-9(10-7-12-14)5-11-13(3)4/h7-8,11H,5-6H2,1-4H3. The summed E-state index contributed by atoms with van der Waals surface area (Å²) in [6, 6.07) is 0. The molecule has 0 spiro atoms. The van der Waals surface area contributed by atoms with Crippen LogP contribution in [0.5, 0.6) is 0 Å². The fourth-order valence-corrected chi connectivity index (χ4v) is 1.15. The molecule has 0 aliphatic heterocycles. The number of nitrogens with zero attached hydrogens (tertiary/aromatic N) is 4. The van der Waals surface area contributed by atoms with Crippen LogP contribution in [0.25, 0.3) is 0 Å². The Bertz CT molecular complexity index is 266. The van der Waals surface area contributed by atoms with Gasteiger partial charge in [0.15, 0.2) is 0 Å². The first-order valence-corrected chi connectivity index (χ1v) is 4.87. The zero-order chi connectivity index (χ0) is 10.6. The molecule has 0 aromatic carbocycles. The van der Waals surface area contributed by atoms with E-state index in [0.29, 0.717) is 5.92 Å². The van der Waals surface area contributed by atoms with Gasteiger partial charge in [-0.2, -0.15) is 5.10 Å². The van der Waals surface area contributed by atoms with Crippen molar-refractivity contribution >= 4 is 0 Å². The molecular weight excluding hydrogens is 178 g/mol. The van der Waals surface area contributed by atoms with E-state index >= 15 is 0 Å². The zero-order valence-corrected chi connectivity index (χ0v) is 9.36. The Morgan fingerprint density at radius 2 is 2.21 bits per heavy atom. The molecule has 1 heterocycles. The second-order valence-electron chi connectivity index (χ2n) is 3.98. The number of aromatic nitrogens is 3. The average Bonchev–Trinajstić information content (AvgIpc) is 2.47. The first kappa shape index (κ1) is 11.1. The second kappa shape index (κ2) is 5.07. The lowest BCUT2D eigenvalue weighted by Gasteiger charge is -2.12. The quantitative estimate of drug-likeness (QED) is 0.698. The highest BCUT2D eigenvalue weighted by atomic mass is 15.5. The van der Waals surface area contributed by atoms with Crippen molar-refractivity contribution in [3.63, 3.8) is 0 Å². The Balaban J connectivity index is 2.53. The molecule has 0 saturated heterocycles. The van der Waals surface area contributed by atoms with Crippen molar-refractivity contribution in [1.82, 2.24) is 25.2 Å². The molecule has 0 fully saturated rings. The van der Waals surface area contributed by atoms with Crippen molar-refractivity contribution in [1.29, 1.82) is 0 Å². The van der Waals surface area contributed by atoms with Crippen molar-refractivity contribution in [2.24, 2.45) is 5.92 Å². The Morgan fingerprint density at radius 3 is 2.79 bits per heavy atom. The van der Waals surface area contributed by atoms with Crippen molar-refractivity contribution < 1.29 is 0 Å². The highest BCUT2D eigenvalue weighted by Gasteiger charge is 2.05. The molecule has 0 aliphatic carbocycles. The third-order valence-electron chi connectivity index (χ3n) is 1.79. The van der Waals surface area contributed by atoms with Gasteiger partial charge in [-0.3, -0.25) is 5.01 Å². The van der Waals surface area contributed by atoms with Crippen molar-refractivity contribution in [3.8, 4) is 0 Å². The lowest BCUT2D eigenvalue weighted by molar-refractivity contribution is 0.277. The van der Waals surface area contributed by atoms with Gasteiger partial charge in [-0.25, -0.2) is 15.1 Å². The van der Waals surface area contributed by atoms with E-state index in [9.17, 15) is 0 Å². The maximum atomic E-state index is 4.20. The van der Waals surface area contributed by atoms with E-state index in [1.807, 2.05) is 23.8 Å². The van der Waals surface area contributed by atoms with Crippen LogP contribution in [0, 0.1) is 5.92 Å². The normalized spacial score (nSPS) is 11.6. The molecule has 0 aliphatic rings. The molecule has 1 aromatic heterocycles. The summed E-state index contributed by atoms with van der Waals surface area (Å²) in [4.78, 5) is 4.20. The molecule has 14 heavy (non-hydrogen) atoms. The van der Waals surface area contributed by atoms with Crippen LogP contribution in [0.15, 0.2) is 6.33 Å². The van der Waals surface area contributed by atoms with Crippen LogP contribution in [0.4, 0.5) is 0 Å². The van der Waals surface area contributed by atoms with E-state index in [-0.39, 0.29) is 0 Å². The lowest BCUT2D eigenvalue weighted by atomic mass is 10.2. The maximum absolute atomic E-state index is 4.20. The topological polar surface area (TPSA) is 46.0 Å². The summed E-state index contributed by atoms with van der Waals surface area (Å²) in [6.45, 7) is 5.99. The number of hydrazine groups is 1. The van der Waals surface area contributed by atoms with E-state index in [4.69, 9.17) is 0 Å². The van der Waals surface area contributed by atoms with Gasteiger partial charge >= 0.3 is 0 Å². The van der Waals surface area contributed by atoms with Crippen LogP contribution in [0.1, 0.15) is 19.7 Å². The highest BCUT2D eigenvalue weighted by molar-refractivity contribution is 4.83. The SMILES string of the molecule is CC(C)Cn1ncnc1CNN(C)C. The molecule has 1 rings (SSSR count). The number of hydrogen-bond acceptors (Lipinski definition) is 4. The predicted molar refractivity (Wildman–Crippen MR) is 55.4 cm³/mol. The van der Waals surface area contributed by atoms with E-state index < -0.39 is 0 Å². The van der Waals surface area contributed by atoms with Gasteiger partial charge in [-0.1, -0.05) is 13.8 Å². The van der Waals surface area contributed by atoms with Crippen molar-refractivity contribution in [3.05, 3.63) is 12.2 Å². The van der Waals surface area contributed by atoms with Gasteiger partial charge < -0.3 is 0 Å². The van der Waals surface area contributed by atoms with Gasteiger partial charge in [0, 0.05) is 20.6 Å². The fourth-order valence-electron chi connectivity index (χ4n) is 1.15. The molecule has 0 amide bonds. The van der Waals surface area contributed by atoms with Gasteiger partial charge in [0.25, 0.3) is 0 Å². The minimum absolute atomic E-state index is 0.592. The summed E-state index contributed by atoms with van der Waals surface area (Å²) < 4.78 is 1.95. The molecule has 0 bridgehead atoms. The Morgan fingerprint density at radius 1 is 1.50 bits per heavy atom. The molecule has 80 valence electrons. The Kier molecular flexibility index (Phi) is 4.03. The molecule has 1 aromatic rings. The van der Waals surface area contributed by atoms with E-state index in [0.717, 1.165) is 18.9 Å². The summed E-state index contributed by atoms with van der Waals surface area (Å²) in [5.74, 6) is 1.57. The van der Waals surface area contributed by atoms with Crippen LogP contribution in [-0.4, -0.2) is 33.9 Å². The molecule has 0 atom stereocenters. The zero-order valence-electron chi connectivity index (χ0n) is 9.36. The van der Waals surface area contributed by atoms with Crippen molar-refractivity contribution in [2.75, 3.05) is 14.1 Å². The smallest absolute Gasteiger partial charge is 0.142 e. The average molecular weight is 197 g/mol. The van der Waals surface area contributed by atoms with Gasteiger partial charge in [-0.15, -0.1) is 0 Å². The van der Waals surface area contributed by atoms with E-state index in [1.54, 1.807) is 6.33 Å². The Hall–Kier alpha value is -0.940. The summed E-state index contributed by atoms with van der Waals surface area (Å²) in [5.41, 5.74) is 3.17. The van der Waals surface area contributed by atoms with Gasteiger partial charge in [0.2, 0.25) is 0 Å². The molecular formula is C9H19N5. The monoisotopic (exact) mass is 197 g/mol. The fraction of sp³-hybridized carbons (Fsp3) is 0.778. The minimum Gasteiger partial charge on any atom is -0.250 e. The molecule has 0 unspecified atom stereocenters. The third-order valence-corrected chi connectivity index (χ3v) is 1.79. The third kappa shape index (κ3) is 3.43. The number of hydrogen-bond donors (Lipinski definition) is 1. The van der Waals surface area contributed by atoms with Crippen LogP contribution in [-0.2, 0) is 13.1 Å².